The van der Waals surface area contributed by atoms with Crippen LogP contribution in [-0.4, -0.2) is 30.4 Å². The summed E-state index contributed by atoms with van der Waals surface area (Å²) in [5.74, 6) is -0.920. The third kappa shape index (κ3) is 5.21. The second-order valence-corrected chi connectivity index (χ2v) is 10.0. The number of aromatic amines is 1. The van der Waals surface area contributed by atoms with Gasteiger partial charge in [-0.25, -0.2) is 0 Å². The molecule has 5 aromatic rings. The van der Waals surface area contributed by atoms with E-state index in [2.05, 4.69) is 25.9 Å². The summed E-state index contributed by atoms with van der Waals surface area (Å²) in [7, 11) is -4.61. The van der Waals surface area contributed by atoms with Gasteiger partial charge in [-0.2, -0.15) is 5.21 Å². The van der Waals surface area contributed by atoms with Gasteiger partial charge in [0.15, 0.2) is 5.82 Å². The molecule has 0 aliphatic rings. The third-order valence-corrected chi connectivity index (χ3v) is 7.09. The number of hydrogen-bond donors (Lipinski definition) is 4. The molecule has 0 bridgehead atoms. The van der Waals surface area contributed by atoms with Crippen LogP contribution < -0.4 is 5.32 Å². The second kappa shape index (κ2) is 9.90. The molecule has 5 rings (SSSR count). The molecule has 0 aliphatic carbocycles. The van der Waals surface area contributed by atoms with Crippen molar-refractivity contribution in [1.82, 2.24) is 25.9 Å². The van der Waals surface area contributed by atoms with Crippen LogP contribution in [0.4, 0.5) is 0 Å². The molecule has 4 aromatic carbocycles. The molecule has 9 heteroatoms. The monoisotopic (exact) mass is 485 g/mol. The number of tetrazole rings is 1. The lowest BCUT2D eigenvalue weighted by Gasteiger charge is -2.26. The van der Waals surface area contributed by atoms with Gasteiger partial charge >= 0.3 is 7.60 Å². The Hall–Kier alpha value is -3.68. The molecular weight excluding hydrogens is 461 g/mol. The Morgan fingerprint density at radius 1 is 0.829 bits per heavy atom. The fourth-order valence-corrected chi connectivity index (χ4v) is 5.25. The SMILES string of the molecule is O=P(O)(O)C(N[C@@H](Cc1ccc(-c2ccccc2)cc1)c1nn[nH]n1)c1cccc2ccccc12. The number of hydrogen-bond acceptors (Lipinski definition) is 5. The van der Waals surface area contributed by atoms with Crippen LogP contribution in [0, 0.1) is 0 Å². The van der Waals surface area contributed by atoms with Gasteiger partial charge in [0.25, 0.3) is 0 Å². The Labute approximate surface area is 202 Å². The standard InChI is InChI=1S/C26H24N5O3P/c32-35(33,34)26(23-12-6-10-21-9-4-5-11-22(21)23)27-24(25-28-30-31-29-25)17-18-13-15-20(16-14-18)19-7-2-1-3-8-19/h1-16,24,26-27H,17H2,(H2,32,33,34)(H,28,29,30,31)/t24-,26?/m0/s1. The molecule has 8 nitrogen and oxygen atoms in total. The highest BCUT2D eigenvalue weighted by Gasteiger charge is 2.35. The van der Waals surface area contributed by atoms with Crippen molar-refractivity contribution in [2.24, 2.45) is 0 Å². The zero-order chi connectivity index (χ0) is 24.3. The molecule has 2 atom stereocenters. The summed E-state index contributed by atoms with van der Waals surface area (Å²) in [6, 6.07) is 30.5. The van der Waals surface area contributed by atoms with Gasteiger partial charge in [0, 0.05) is 0 Å². The second-order valence-electron chi connectivity index (χ2n) is 8.32. The minimum atomic E-state index is -4.61. The fraction of sp³-hybridized carbons (Fsp3) is 0.115. The van der Waals surface area contributed by atoms with Gasteiger partial charge in [0.1, 0.15) is 5.78 Å². The molecule has 0 fully saturated rings. The van der Waals surface area contributed by atoms with Crippen molar-refractivity contribution in [1.29, 1.82) is 0 Å². The van der Waals surface area contributed by atoms with Crippen molar-refractivity contribution < 1.29 is 14.4 Å². The highest BCUT2D eigenvalue weighted by atomic mass is 31.2. The molecule has 0 amide bonds. The summed E-state index contributed by atoms with van der Waals surface area (Å²) < 4.78 is 12.7. The van der Waals surface area contributed by atoms with Crippen molar-refractivity contribution in [3.05, 3.63) is 114 Å². The van der Waals surface area contributed by atoms with E-state index in [0.29, 0.717) is 17.8 Å². The fourth-order valence-electron chi connectivity index (χ4n) is 4.29. The molecular formula is C26H24N5O3P. The van der Waals surface area contributed by atoms with E-state index in [1.807, 2.05) is 84.9 Å². The summed E-state index contributed by atoms with van der Waals surface area (Å²) in [4.78, 5) is 20.7. The first-order valence-electron chi connectivity index (χ1n) is 11.2. The molecule has 1 unspecified atom stereocenters. The number of aromatic nitrogens is 4. The first-order chi connectivity index (χ1) is 17.0. The predicted octanol–water partition coefficient (Wildman–Crippen LogP) is 4.77. The van der Waals surface area contributed by atoms with Gasteiger partial charge < -0.3 is 9.79 Å². The van der Waals surface area contributed by atoms with Gasteiger partial charge in [-0.3, -0.25) is 9.88 Å². The lowest BCUT2D eigenvalue weighted by molar-refractivity contribution is 0.336. The van der Waals surface area contributed by atoms with Gasteiger partial charge in [-0.1, -0.05) is 102 Å². The summed E-state index contributed by atoms with van der Waals surface area (Å²) in [5.41, 5.74) is 3.69. The Bertz CT molecular complexity index is 1450. The maximum Gasteiger partial charge on any atom is 0.346 e. The molecule has 1 aromatic heterocycles. The van der Waals surface area contributed by atoms with E-state index in [1.165, 1.54) is 0 Å². The Morgan fingerprint density at radius 3 is 2.23 bits per heavy atom. The van der Waals surface area contributed by atoms with Crippen LogP contribution in [0.5, 0.6) is 0 Å². The predicted molar refractivity (Wildman–Crippen MR) is 134 cm³/mol. The average molecular weight is 485 g/mol. The van der Waals surface area contributed by atoms with Gasteiger partial charge in [-0.05, 0) is 39.4 Å². The number of nitrogens with zero attached hydrogens (tertiary/aromatic N) is 3. The van der Waals surface area contributed by atoms with Crippen LogP contribution in [-0.2, 0) is 11.0 Å². The van der Waals surface area contributed by atoms with E-state index in [1.54, 1.807) is 12.1 Å². The Morgan fingerprint density at radius 2 is 1.51 bits per heavy atom. The maximum absolute atomic E-state index is 12.7. The topological polar surface area (TPSA) is 124 Å². The first kappa shape index (κ1) is 23.1. The summed E-state index contributed by atoms with van der Waals surface area (Å²) in [6.07, 6.45) is 0.413. The van der Waals surface area contributed by atoms with Gasteiger partial charge in [0.05, 0.1) is 6.04 Å². The molecule has 0 aliphatic heterocycles. The van der Waals surface area contributed by atoms with Crippen LogP contribution >= 0.6 is 7.60 Å². The van der Waals surface area contributed by atoms with Crippen LogP contribution in [0.25, 0.3) is 21.9 Å². The molecule has 0 spiro atoms. The van der Waals surface area contributed by atoms with Crippen LogP contribution in [0.15, 0.2) is 97.1 Å². The highest BCUT2D eigenvalue weighted by molar-refractivity contribution is 7.52. The molecule has 0 saturated carbocycles. The average Bonchev–Trinajstić information content (AvgIpc) is 3.42. The maximum atomic E-state index is 12.7. The Balaban J connectivity index is 1.47. The number of rotatable bonds is 8. The lowest BCUT2D eigenvalue weighted by atomic mass is 9.99. The number of benzene rings is 4. The number of fused-ring (bicyclic) bond motifs is 1. The van der Waals surface area contributed by atoms with E-state index < -0.39 is 19.4 Å². The van der Waals surface area contributed by atoms with Crippen LogP contribution in [0.1, 0.15) is 28.8 Å². The third-order valence-electron chi connectivity index (χ3n) is 5.99. The molecule has 176 valence electrons. The van der Waals surface area contributed by atoms with Crippen LogP contribution in [0.3, 0.4) is 0 Å². The number of nitrogens with one attached hydrogen (secondary N) is 2. The molecule has 0 saturated heterocycles. The normalized spacial score (nSPS) is 13.5. The van der Waals surface area contributed by atoms with E-state index >= 15 is 0 Å². The molecule has 0 radical (unpaired) electrons. The van der Waals surface area contributed by atoms with Crippen molar-refractivity contribution >= 4 is 18.4 Å². The van der Waals surface area contributed by atoms with Crippen LogP contribution in [0.2, 0.25) is 0 Å². The Kier molecular flexibility index (Phi) is 6.53. The highest BCUT2D eigenvalue weighted by Crippen LogP contribution is 2.52. The van der Waals surface area contributed by atoms with Crippen molar-refractivity contribution in [2.75, 3.05) is 0 Å². The van der Waals surface area contributed by atoms with E-state index in [4.69, 9.17) is 0 Å². The number of H-pyrrole nitrogens is 1. The van der Waals surface area contributed by atoms with Gasteiger partial charge in [-0.15, -0.1) is 10.2 Å². The van der Waals surface area contributed by atoms with Crippen molar-refractivity contribution in [3.8, 4) is 11.1 Å². The smallest absolute Gasteiger partial charge is 0.323 e. The van der Waals surface area contributed by atoms with Crippen molar-refractivity contribution in [3.63, 3.8) is 0 Å². The summed E-state index contributed by atoms with van der Waals surface area (Å²) >= 11 is 0. The first-order valence-corrected chi connectivity index (χ1v) is 12.8. The quantitative estimate of drug-likeness (QED) is 0.233. The lowest BCUT2D eigenvalue weighted by Crippen LogP contribution is -2.29. The summed E-state index contributed by atoms with van der Waals surface area (Å²) in [5, 5.41) is 19.1. The van der Waals surface area contributed by atoms with E-state index in [0.717, 1.165) is 27.5 Å². The molecule has 35 heavy (non-hydrogen) atoms. The zero-order valence-corrected chi connectivity index (χ0v) is 19.6. The van der Waals surface area contributed by atoms with Gasteiger partial charge in [0.2, 0.25) is 0 Å². The minimum absolute atomic E-state index is 0.329. The minimum Gasteiger partial charge on any atom is -0.323 e. The van der Waals surface area contributed by atoms with E-state index in [-0.39, 0.29) is 0 Å². The molecule has 1 heterocycles. The van der Waals surface area contributed by atoms with E-state index in [9.17, 15) is 14.4 Å². The largest absolute Gasteiger partial charge is 0.346 e. The zero-order valence-electron chi connectivity index (χ0n) is 18.7. The molecule has 4 N–H and O–H groups in total. The van der Waals surface area contributed by atoms with Crippen molar-refractivity contribution in [2.45, 2.75) is 18.2 Å². The summed E-state index contributed by atoms with van der Waals surface area (Å²) in [6.45, 7) is 0.